The van der Waals surface area contributed by atoms with E-state index in [1.807, 2.05) is 16.4 Å². The fraction of sp³-hybridized carbons (Fsp3) is 0.667. The number of fused-ring (bicyclic) bond motifs is 1. The topological polar surface area (TPSA) is 82.1 Å². The van der Waals surface area contributed by atoms with Crippen LogP contribution in [-0.2, 0) is 25.4 Å². The van der Waals surface area contributed by atoms with Crippen molar-refractivity contribution in [3.8, 4) is 0 Å². The number of aryl methyl sites for hydroxylation is 2. The van der Waals surface area contributed by atoms with Crippen molar-refractivity contribution in [2.24, 2.45) is 14.1 Å². The Labute approximate surface area is 162 Å². The number of thioether (sulfide) groups is 1. The Morgan fingerprint density at radius 1 is 1.07 bits per heavy atom. The number of rotatable bonds is 5. The maximum atomic E-state index is 12.6. The van der Waals surface area contributed by atoms with Crippen molar-refractivity contribution in [2.45, 2.75) is 50.7 Å². The largest absolute Gasteiger partial charge is 0.342 e. The molecule has 1 amide bonds. The van der Waals surface area contributed by atoms with Gasteiger partial charge in [0.05, 0.1) is 5.75 Å². The van der Waals surface area contributed by atoms with Gasteiger partial charge in [-0.25, -0.2) is 9.78 Å². The number of likely N-dealkylation sites (tertiary alicyclic amines) is 1. The van der Waals surface area contributed by atoms with Crippen LogP contribution in [0.2, 0.25) is 0 Å². The third kappa shape index (κ3) is 3.83. The van der Waals surface area contributed by atoms with Crippen molar-refractivity contribution in [2.75, 3.05) is 18.8 Å². The van der Waals surface area contributed by atoms with E-state index in [0.717, 1.165) is 36.9 Å². The standard InChI is InChI=1S/C18H27N5O3S/c1-4-9-23-14-15(20(2)18(26)21(3)16(14)25)19-17(23)27-12-13(24)22-10-7-5-6-8-11-22/h4-12H2,1-3H3. The van der Waals surface area contributed by atoms with Crippen molar-refractivity contribution in [1.82, 2.24) is 23.6 Å². The van der Waals surface area contributed by atoms with Gasteiger partial charge in [-0.3, -0.25) is 18.7 Å². The molecule has 3 heterocycles. The molecule has 8 nitrogen and oxygen atoms in total. The summed E-state index contributed by atoms with van der Waals surface area (Å²) in [5.41, 5.74) is 0.0537. The molecule has 0 radical (unpaired) electrons. The molecule has 2 aromatic heterocycles. The predicted molar refractivity (Wildman–Crippen MR) is 106 cm³/mol. The van der Waals surface area contributed by atoms with Crippen LogP contribution in [0.4, 0.5) is 0 Å². The van der Waals surface area contributed by atoms with Gasteiger partial charge in [-0.1, -0.05) is 31.5 Å². The van der Waals surface area contributed by atoms with E-state index in [1.54, 1.807) is 7.05 Å². The van der Waals surface area contributed by atoms with Gasteiger partial charge in [0.1, 0.15) is 0 Å². The molecule has 0 atom stereocenters. The zero-order valence-corrected chi connectivity index (χ0v) is 17.0. The number of imidazole rings is 1. The molecule has 0 saturated carbocycles. The molecule has 1 aliphatic heterocycles. The van der Waals surface area contributed by atoms with Gasteiger partial charge >= 0.3 is 5.69 Å². The van der Waals surface area contributed by atoms with Gasteiger partial charge in [-0.05, 0) is 19.3 Å². The second kappa shape index (κ2) is 8.33. The molecule has 0 unspecified atom stereocenters. The molecule has 148 valence electrons. The van der Waals surface area contributed by atoms with Gasteiger partial charge in [-0.2, -0.15) is 0 Å². The first-order valence-corrected chi connectivity index (χ1v) is 10.5. The smallest absolute Gasteiger partial charge is 0.332 e. The highest BCUT2D eigenvalue weighted by Crippen LogP contribution is 2.23. The summed E-state index contributed by atoms with van der Waals surface area (Å²) < 4.78 is 4.34. The Morgan fingerprint density at radius 2 is 1.74 bits per heavy atom. The third-order valence-corrected chi connectivity index (χ3v) is 6.00. The van der Waals surface area contributed by atoms with Crippen LogP contribution in [0.15, 0.2) is 14.7 Å². The van der Waals surface area contributed by atoms with Crippen LogP contribution in [0.5, 0.6) is 0 Å². The van der Waals surface area contributed by atoms with Crippen LogP contribution in [0.3, 0.4) is 0 Å². The van der Waals surface area contributed by atoms with E-state index in [-0.39, 0.29) is 11.5 Å². The van der Waals surface area contributed by atoms with E-state index in [9.17, 15) is 14.4 Å². The van der Waals surface area contributed by atoms with E-state index >= 15 is 0 Å². The minimum atomic E-state index is -0.397. The highest BCUT2D eigenvalue weighted by molar-refractivity contribution is 7.99. The molecule has 1 saturated heterocycles. The van der Waals surface area contributed by atoms with Crippen molar-refractivity contribution in [1.29, 1.82) is 0 Å². The molecule has 2 aromatic rings. The second-order valence-electron chi connectivity index (χ2n) is 7.01. The van der Waals surface area contributed by atoms with Gasteiger partial charge < -0.3 is 9.47 Å². The molecular weight excluding hydrogens is 366 g/mol. The molecule has 0 bridgehead atoms. The lowest BCUT2D eigenvalue weighted by molar-refractivity contribution is -0.128. The van der Waals surface area contributed by atoms with Crippen molar-refractivity contribution < 1.29 is 4.79 Å². The third-order valence-electron chi connectivity index (χ3n) is 5.04. The van der Waals surface area contributed by atoms with Crippen LogP contribution in [0.1, 0.15) is 39.0 Å². The lowest BCUT2D eigenvalue weighted by Crippen LogP contribution is -2.37. The average molecular weight is 394 g/mol. The van der Waals surface area contributed by atoms with Crippen LogP contribution in [0, 0.1) is 0 Å². The van der Waals surface area contributed by atoms with Gasteiger partial charge in [-0.15, -0.1) is 0 Å². The van der Waals surface area contributed by atoms with Crippen LogP contribution in [0.25, 0.3) is 11.2 Å². The van der Waals surface area contributed by atoms with Crippen molar-refractivity contribution in [3.63, 3.8) is 0 Å². The number of aromatic nitrogens is 4. The summed E-state index contributed by atoms with van der Waals surface area (Å²) in [4.78, 5) is 43.9. The van der Waals surface area contributed by atoms with E-state index in [4.69, 9.17) is 0 Å². The lowest BCUT2D eigenvalue weighted by atomic mass is 10.2. The zero-order chi connectivity index (χ0) is 19.6. The highest BCUT2D eigenvalue weighted by atomic mass is 32.2. The van der Waals surface area contributed by atoms with Crippen LogP contribution in [-0.4, -0.2) is 48.3 Å². The summed E-state index contributed by atoms with van der Waals surface area (Å²) in [5.74, 6) is 0.403. The summed E-state index contributed by atoms with van der Waals surface area (Å²) in [6, 6.07) is 0. The van der Waals surface area contributed by atoms with Gasteiger partial charge in [0.15, 0.2) is 16.3 Å². The molecule has 1 fully saturated rings. The maximum Gasteiger partial charge on any atom is 0.332 e. The number of hydrogen-bond acceptors (Lipinski definition) is 5. The second-order valence-corrected chi connectivity index (χ2v) is 7.95. The quantitative estimate of drug-likeness (QED) is 0.716. The van der Waals surface area contributed by atoms with Crippen molar-refractivity contribution in [3.05, 3.63) is 20.8 Å². The monoisotopic (exact) mass is 393 g/mol. The first-order chi connectivity index (χ1) is 13.0. The molecule has 0 spiro atoms. The molecule has 0 N–H and O–H groups in total. The number of carbonyl (C=O) groups is 1. The molecule has 1 aliphatic rings. The molecule has 0 aromatic carbocycles. The Morgan fingerprint density at radius 3 is 2.37 bits per heavy atom. The predicted octanol–water partition coefficient (Wildman–Crippen LogP) is 1.34. The molecule has 9 heteroatoms. The number of amides is 1. The molecular formula is C18H27N5O3S. The summed E-state index contributed by atoms with van der Waals surface area (Å²) in [5, 5.41) is 0.619. The normalized spacial score (nSPS) is 15.3. The minimum Gasteiger partial charge on any atom is -0.342 e. The van der Waals surface area contributed by atoms with Gasteiger partial charge in [0.25, 0.3) is 5.56 Å². The van der Waals surface area contributed by atoms with E-state index in [0.29, 0.717) is 28.6 Å². The van der Waals surface area contributed by atoms with Crippen molar-refractivity contribution >= 4 is 28.8 Å². The van der Waals surface area contributed by atoms with Crippen LogP contribution < -0.4 is 11.2 Å². The number of nitrogens with zero attached hydrogens (tertiary/aromatic N) is 5. The first-order valence-electron chi connectivity index (χ1n) is 9.52. The minimum absolute atomic E-state index is 0.110. The average Bonchev–Trinajstić information content (AvgIpc) is 2.84. The van der Waals surface area contributed by atoms with Crippen LogP contribution >= 0.6 is 11.8 Å². The summed E-state index contributed by atoms with van der Waals surface area (Å²) in [7, 11) is 3.09. The number of hydrogen-bond donors (Lipinski definition) is 0. The molecule has 3 rings (SSSR count). The lowest BCUT2D eigenvalue weighted by Gasteiger charge is -2.19. The Kier molecular flexibility index (Phi) is 6.08. The number of carbonyl (C=O) groups excluding carboxylic acids is 1. The summed E-state index contributed by atoms with van der Waals surface area (Å²) in [6.07, 6.45) is 5.30. The van der Waals surface area contributed by atoms with E-state index in [1.165, 1.54) is 36.2 Å². The van der Waals surface area contributed by atoms with E-state index in [2.05, 4.69) is 4.98 Å². The first kappa shape index (κ1) is 19.7. The SMILES string of the molecule is CCCn1c(SCC(=O)N2CCCCCC2)nc2c1c(=O)n(C)c(=O)n2C. The fourth-order valence-electron chi connectivity index (χ4n) is 3.51. The Hall–Kier alpha value is -2.03. The van der Waals surface area contributed by atoms with Gasteiger partial charge in [0, 0.05) is 33.7 Å². The molecule has 27 heavy (non-hydrogen) atoms. The Bertz CT molecular complexity index is 951. The Balaban J connectivity index is 1.92. The maximum absolute atomic E-state index is 12.6. The molecule has 0 aliphatic carbocycles. The fourth-order valence-corrected chi connectivity index (χ4v) is 4.43. The zero-order valence-electron chi connectivity index (χ0n) is 16.2. The van der Waals surface area contributed by atoms with E-state index < -0.39 is 5.69 Å². The summed E-state index contributed by atoms with van der Waals surface area (Å²) in [6.45, 7) is 4.28. The highest BCUT2D eigenvalue weighted by Gasteiger charge is 2.21. The van der Waals surface area contributed by atoms with Gasteiger partial charge in [0.2, 0.25) is 5.91 Å². The summed E-state index contributed by atoms with van der Waals surface area (Å²) >= 11 is 1.35.